The summed E-state index contributed by atoms with van der Waals surface area (Å²) < 4.78 is 0. The highest BCUT2D eigenvalue weighted by molar-refractivity contribution is 7.14. The van der Waals surface area contributed by atoms with Gasteiger partial charge in [0, 0.05) is 24.0 Å². The number of hydrogen-bond donors (Lipinski definition) is 1. The highest BCUT2D eigenvalue weighted by Gasteiger charge is 2.10. The minimum absolute atomic E-state index is 0.507. The first-order chi connectivity index (χ1) is 10.3. The van der Waals surface area contributed by atoms with E-state index in [1.165, 1.54) is 11.3 Å². The Bertz CT molecular complexity index is 804. The van der Waals surface area contributed by atoms with Gasteiger partial charge in [-0.2, -0.15) is 0 Å². The summed E-state index contributed by atoms with van der Waals surface area (Å²) in [7, 11) is 0. The van der Waals surface area contributed by atoms with Crippen molar-refractivity contribution in [3.63, 3.8) is 0 Å². The maximum Gasteiger partial charge on any atom is 0.228 e. The summed E-state index contributed by atoms with van der Waals surface area (Å²) in [5.74, 6) is 3.16. The SMILES string of the molecule is C#Cc1cc(C)cnc1-c1csc(Nc2ncccn2)n1. The molecule has 0 spiro atoms. The molecule has 0 aliphatic rings. The van der Waals surface area contributed by atoms with Crippen LogP contribution in [0.5, 0.6) is 0 Å². The number of aromatic nitrogens is 4. The lowest BCUT2D eigenvalue weighted by molar-refractivity contribution is 1.16. The molecule has 21 heavy (non-hydrogen) atoms. The molecule has 5 nitrogen and oxygen atoms in total. The van der Waals surface area contributed by atoms with E-state index >= 15 is 0 Å². The lowest BCUT2D eigenvalue weighted by Crippen LogP contribution is -1.95. The topological polar surface area (TPSA) is 63.6 Å². The number of rotatable bonds is 3. The zero-order chi connectivity index (χ0) is 14.7. The van der Waals surface area contributed by atoms with E-state index in [1.54, 1.807) is 24.7 Å². The van der Waals surface area contributed by atoms with Gasteiger partial charge in [0.1, 0.15) is 11.4 Å². The second-order valence-corrected chi connectivity index (χ2v) is 5.15. The summed E-state index contributed by atoms with van der Waals surface area (Å²) >= 11 is 1.45. The van der Waals surface area contributed by atoms with Crippen LogP contribution in [0.15, 0.2) is 36.1 Å². The number of aryl methyl sites for hydroxylation is 1. The molecule has 3 aromatic heterocycles. The van der Waals surface area contributed by atoms with E-state index in [0.717, 1.165) is 16.8 Å². The van der Waals surface area contributed by atoms with E-state index in [1.807, 2.05) is 18.4 Å². The van der Waals surface area contributed by atoms with Crippen molar-refractivity contribution in [3.05, 3.63) is 47.2 Å². The summed E-state index contributed by atoms with van der Waals surface area (Å²) in [5.41, 5.74) is 3.22. The second-order valence-electron chi connectivity index (χ2n) is 4.29. The Morgan fingerprint density at radius 2 is 2.05 bits per heavy atom. The van der Waals surface area contributed by atoms with Gasteiger partial charge in [-0.15, -0.1) is 17.8 Å². The van der Waals surface area contributed by atoms with E-state index in [2.05, 4.69) is 31.2 Å². The van der Waals surface area contributed by atoms with Crippen LogP contribution < -0.4 is 5.32 Å². The monoisotopic (exact) mass is 293 g/mol. The van der Waals surface area contributed by atoms with Gasteiger partial charge in [0.05, 0.1) is 5.56 Å². The average molecular weight is 293 g/mol. The summed E-state index contributed by atoms with van der Waals surface area (Å²) in [6.07, 6.45) is 10.7. The molecule has 6 heteroatoms. The molecule has 0 aliphatic carbocycles. The molecule has 1 N–H and O–H groups in total. The average Bonchev–Trinajstić information content (AvgIpc) is 2.96. The van der Waals surface area contributed by atoms with E-state index in [0.29, 0.717) is 16.8 Å². The van der Waals surface area contributed by atoms with Gasteiger partial charge >= 0.3 is 0 Å². The third-order valence-corrected chi connectivity index (χ3v) is 3.47. The van der Waals surface area contributed by atoms with E-state index in [4.69, 9.17) is 6.42 Å². The maximum atomic E-state index is 5.54. The largest absolute Gasteiger partial charge is 0.300 e. The fourth-order valence-electron chi connectivity index (χ4n) is 1.78. The Kier molecular flexibility index (Phi) is 3.58. The van der Waals surface area contributed by atoms with Crippen LogP contribution in [-0.4, -0.2) is 19.9 Å². The standard InChI is InChI=1S/C15H11N5S/c1-3-11-7-10(2)8-18-13(11)12-9-21-15(19-12)20-14-16-5-4-6-17-14/h1,4-9H,2H3,(H,16,17,19,20). The number of hydrogen-bond acceptors (Lipinski definition) is 6. The van der Waals surface area contributed by atoms with E-state index in [-0.39, 0.29) is 0 Å². The van der Waals surface area contributed by atoms with Crippen LogP contribution in [0, 0.1) is 19.3 Å². The molecule has 0 aliphatic heterocycles. The smallest absolute Gasteiger partial charge is 0.228 e. The Labute approximate surface area is 126 Å². The minimum atomic E-state index is 0.507. The molecule has 3 heterocycles. The number of nitrogens with zero attached hydrogens (tertiary/aromatic N) is 4. The molecular formula is C15H11N5S. The van der Waals surface area contributed by atoms with Crippen molar-refractivity contribution in [2.24, 2.45) is 0 Å². The summed E-state index contributed by atoms with van der Waals surface area (Å²) in [4.78, 5) is 17.1. The lowest BCUT2D eigenvalue weighted by atomic mass is 10.1. The fraction of sp³-hybridized carbons (Fsp3) is 0.0667. The van der Waals surface area contributed by atoms with Crippen molar-refractivity contribution < 1.29 is 0 Å². The third kappa shape index (κ3) is 2.88. The predicted molar refractivity (Wildman–Crippen MR) is 83.3 cm³/mol. The molecule has 0 unspecified atom stereocenters. The molecule has 3 rings (SSSR count). The van der Waals surface area contributed by atoms with Gasteiger partial charge in [0.2, 0.25) is 5.95 Å². The van der Waals surface area contributed by atoms with E-state index in [9.17, 15) is 0 Å². The minimum Gasteiger partial charge on any atom is -0.300 e. The first-order valence-corrected chi connectivity index (χ1v) is 7.07. The predicted octanol–water partition coefficient (Wildman–Crippen LogP) is 3.03. The Hall–Kier alpha value is -2.78. The highest BCUT2D eigenvalue weighted by Crippen LogP contribution is 2.27. The Balaban J connectivity index is 1.91. The summed E-state index contributed by atoms with van der Waals surface area (Å²) in [6, 6.07) is 3.68. The first-order valence-electron chi connectivity index (χ1n) is 6.19. The zero-order valence-corrected chi connectivity index (χ0v) is 12.1. The number of nitrogens with one attached hydrogen (secondary N) is 1. The summed E-state index contributed by atoms with van der Waals surface area (Å²) in [6.45, 7) is 1.96. The molecule has 0 aromatic carbocycles. The van der Waals surface area contributed by atoms with Crippen molar-refractivity contribution in [3.8, 4) is 23.7 Å². The number of terminal acetylenes is 1. The summed E-state index contributed by atoms with van der Waals surface area (Å²) in [5, 5.41) is 5.65. The van der Waals surface area contributed by atoms with Crippen molar-refractivity contribution >= 4 is 22.4 Å². The van der Waals surface area contributed by atoms with Gasteiger partial charge in [-0.05, 0) is 24.6 Å². The molecule has 0 atom stereocenters. The van der Waals surface area contributed by atoms with Gasteiger partial charge in [-0.25, -0.2) is 15.0 Å². The molecular weight excluding hydrogens is 282 g/mol. The van der Waals surface area contributed by atoms with Crippen LogP contribution in [0.1, 0.15) is 11.1 Å². The Morgan fingerprint density at radius 1 is 1.24 bits per heavy atom. The Morgan fingerprint density at radius 3 is 2.81 bits per heavy atom. The molecule has 0 fully saturated rings. The van der Waals surface area contributed by atoms with Crippen LogP contribution in [0.25, 0.3) is 11.4 Å². The molecule has 0 saturated carbocycles. The molecule has 0 amide bonds. The van der Waals surface area contributed by atoms with Crippen molar-refractivity contribution in [1.29, 1.82) is 0 Å². The van der Waals surface area contributed by atoms with Gasteiger partial charge in [-0.3, -0.25) is 4.98 Å². The normalized spacial score (nSPS) is 10.1. The molecule has 0 saturated heterocycles. The zero-order valence-electron chi connectivity index (χ0n) is 11.2. The van der Waals surface area contributed by atoms with Crippen LogP contribution in [0.3, 0.4) is 0 Å². The lowest BCUT2D eigenvalue weighted by Gasteiger charge is -2.02. The quantitative estimate of drug-likeness (QED) is 0.752. The molecule has 102 valence electrons. The van der Waals surface area contributed by atoms with Crippen LogP contribution in [0.2, 0.25) is 0 Å². The van der Waals surface area contributed by atoms with Gasteiger partial charge in [0.15, 0.2) is 5.13 Å². The van der Waals surface area contributed by atoms with Gasteiger partial charge in [0.25, 0.3) is 0 Å². The van der Waals surface area contributed by atoms with E-state index < -0.39 is 0 Å². The van der Waals surface area contributed by atoms with Gasteiger partial charge < -0.3 is 5.32 Å². The van der Waals surface area contributed by atoms with Gasteiger partial charge in [-0.1, -0.05) is 5.92 Å². The fourth-order valence-corrected chi connectivity index (χ4v) is 2.47. The van der Waals surface area contributed by atoms with Crippen LogP contribution in [0.4, 0.5) is 11.1 Å². The van der Waals surface area contributed by atoms with Crippen molar-refractivity contribution in [2.45, 2.75) is 6.92 Å². The number of thiazole rings is 1. The highest BCUT2D eigenvalue weighted by atomic mass is 32.1. The van der Waals surface area contributed by atoms with Crippen molar-refractivity contribution in [2.75, 3.05) is 5.32 Å². The molecule has 0 radical (unpaired) electrons. The van der Waals surface area contributed by atoms with Crippen LogP contribution in [-0.2, 0) is 0 Å². The van der Waals surface area contributed by atoms with Crippen LogP contribution >= 0.6 is 11.3 Å². The molecule has 3 aromatic rings. The number of anilines is 2. The first kappa shape index (κ1) is 13.2. The second kappa shape index (κ2) is 5.69. The third-order valence-electron chi connectivity index (χ3n) is 2.71. The molecule has 0 bridgehead atoms. The number of pyridine rings is 1. The maximum absolute atomic E-state index is 5.54. The van der Waals surface area contributed by atoms with Crippen molar-refractivity contribution in [1.82, 2.24) is 19.9 Å².